The van der Waals surface area contributed by atoms with Gasteiger partial charge in [0.15, 0.2) is 0 Å². The molecular formula is C16H30ClN3O. The predicted molar refractivity (Wildman–Crippen MR) is 89.5 cm³/mol. The molecule has 1 heterocycles. The fraction of sp³-hybridized carbons (Fsp3) is 0.812. The van der Waals surface area contributed by atoms with Crippen molar-refractivity contribution in [1.29, 1.82) is 0 Å². The molecule has 122 valence electrons. The molecular weight excluding hydrogens is 286 g/mol. The van der Waals surface area contributed by atoms with Gasteiger partial charge in [-0.25, -0.2) is 0 Å². The van der Waals surface area contributed by atoms with Gasteiger partial charge in [0.2, 0.25) is 5.91 Å². The number of hydrogen-bond acceptors (Lipinski definition) is 3. The number of nitrogens with one attached hydrogen (secondary N) is 1. The molecule has 5 heteroatoms. The molecule has 0 aromatic rings. The highest BCUT2D eigenvalue weighted by Crippen LogP contribution is 2.20. The predicted octanol–water partition coefficient (Wildman–Crippen LogP) is 2.15. The number of piperidine rings is 1. The van der Waals surface area contributed by atoms with Gasteiger partial charge in [-0.3, -0.25) is 9.69 Å². The molecule has 1 aliphatic rings. The number of likely N-dealkylation sites (tertiary alicyclic amines) is 1. The number of halogens is 1. The first kappa shape index (κ1) is 18.5. The highest BCUT2D eigenvalue weighted by Gasteiger charge is 2.27. The first-order chi connectivity index (χ1) is 9.69. The average molecular weight is 316 g/mol. The Balaban J connectivity index is 2.32. The lowest BCUT2D eigenvalue weighted by Crippen LogP contribution is -2.45. The van der Waals surface area contributed by atoms with Crippen molar-refractivity contribution in [3.63, 3.8) is 0 Å². The van der Waals surface area contributed by atoms with Crippen LogP contribution in [-0.2, 0) is 4.79 Å². The van der Waals surface area contributed by atoms with Crippen LogP contribution in [0.15, 0.2) is 11.6 Å². The van der Waals surface area contributed by atoms with E-state index in [9.17, 15) is 4.79 Å². The Bertz CT molecular complexity index is 361. The van der Waals surface area contributed by atoms with E-state index in [4.69, 9.17) is 11.6 Å². The second-order valence-electron chi connectivity index (χ2n) is 7.19. The minimum Gasteiger partial charge on any atom is -0.355 e. The van der Waals surface area contributed by atoms with Crippen LogP contribution in [0.5, 0.6) is 0 Å². The molecule has 0 radical (unpaired) electrons. The molecule has 1 amide bonds. The maximum Gasteiger partial charge on any atom is 0.223 e. The van der Waals surface area contributed by atoms with E-state index >= 15 is 0 Å². The minimum absolute atomic E-state index is 0.0935. The van der Waals surface area contributed by atoms with E-state index in [0.29, 0.717) is 5.03 Å². The largest absolute Gasteiger partial charge is 0.355 e. The molecule has 0 unspecified atom stereocenters. The van der Waals surface area contributed by atoms with E-state index in [1.54, 1.807) is 0 Å². The van der Waals surface area contributed by atoms with Crippen molar-refractivity contribution in [2.75, 3.05) is 46.8 Å². The van der Waals surface area contributed by atoms with Crippen LogP contribution in [-0.4, -0.2) is 62.5 Å². The standard InChI is InChI=1S/C16H30ClN3O/c1-13(17)10-20-8-6-14(7-9-20)15(21)18-11-16(2,3)12-19(4)5/h14H,1,6-12H2,2-5H3,(H,18,21). The Labute approximate surface area is 134 Å². The van der Waals surface area contributed by atoms with Crippen LogP contribution in [0.25, 0.3) is 0 Å². The molecule has 0 spiro atoms. The fourth-order valence-corrected chi connectivity index (χ4v) is 3.15. The lowest BCUT2D eigenvalue weighted by molar-refractivity contribution is -0.126. The van der Waals surface area contributed by atoms with Gasteiger partial charge in [0.1, 0.15) is 0 Å². The van der Waals surface area contributed by atoms with E-state index in [1.165, 1.54) is 0 Å². The van der Waals surface area contributed by atoms with Crippen LogP contribution in [0.1, 0.15) is 26.7 Å². The summed E-state index contributed by atoms with van der Waals surface area (Å²) in [5.41, 5.74) is 0.0935. The van der Waals surface area contributed by atoms with Gasteiger partial charge in [-0.2, -0.15) is 0 Å². The molecule has 1 saturated heterocycles. The number of amides is 1. The van der Waals surface area contributed by atoms with Gasteiger partial charge in [0, 0.05) is 30.6 Å². The number of nitrogens with zero attached hydrogens (tertiary/aromatic N) is 2. The van der Waals surface area contributed by atoms with Crippen molar-refractivity contribution in [2.24, 2.45) is 11.3 Å². The summed E-state index contributed by atoms with van der Waals surface area (Å²) in [4.78, 5) is 16.7. The Kier molecular flexibility index (Phi) is 7.17. The van der Waals surface area contributed by atoms with Gasteiger partial charge in [-0.1, -0.05) is 32.0 Å². The summed E-state index contributed by atoms with van der Waals surface area (Å²) >= 11 is 5.83. The van der Waals surface area contributed by atoms with Crippen molar-refractivity contribution in [3.8, 4) is 0 Å². The number of hydrogen-bond donors (Lipinski definition) is 1. The maximum absolute atomic E-state index is 12.3. The quantitative estimate of drug-likeness (QED) is 0.782. The van der Waals surface area contributed by atoms with Crippen LogP contribution in [0.4, 0.5) is 0 Å². The van der Waals surface area contributed by atoms with Crippen LogP contribution in [0, 0.1) is 11.3 Å². The highest BCUT2D eigenvalue weighted by molar-refractivity contribution is 6.29. The van der Waals surface area contributed by atoms with Crippen LogP contribution in [0.3, 0.4) is 0 Å². The highest BCUT2D eigenvalue weighted by atomic mass is 35.5. The molecule has 4 nitrogen and oxygen atoms in total. The van der Waals surface area contributed by atoms with Crippen molar-refractivity contribution in [2.45, 2.75) is 26.7 Å². The normalized spacial score (nSPS) is 18.0. The van der Waals surface area contributed by atoms with Gasteiger partial charge in [-0.05, 0) is 45.4 Å². The van der Waals surface area contributed by atoms with Crippen molar-refractivity contribution in [1.82, 2.24) is 15.1 Å². The van der Waals surface area contributed by atoms with E-state index < -0.39 is 0 Å². The van der Waals surface area contributed by atoms with E-state index in [2.05, 4.69) is 49.6 Å². The molecule has 1 N–H and O–H groups in total. The lowest BCUT2D eigenvalue weighted by Gasteiger charge is -2.32. The summed E-state index contributed by atoms with van der Waals surface area (Å²) in [5, 5.41) is 3.80. The molecule has 1 fully saturated rings. The molecule has 0 aromatic heterocycles. The molecule has 0 aliphatic carbocycles. The third kappa shape index (κ3) is 7.30. The molecule has 1 rings (SSSR count). The summed E-state index contributed by atoms with van der Waals surface area (Å²) in [7, 11) is 4.12. The first-order valence-corrected chi connectivity index (χ1v) is 8.05. The van der Waals surface area contributed by atoms with Crippen molar-refractivity contribution >= 4 is 17.5 Å². The van der Waals surface area contributed by atoms with Gasteiger partial charge in [0.05, 0.1) is 0 Å². The number of carbonyl (C=O) groups is 1. The topological polar surface area (TPSA) is 35.6 Å². The van der Waals surface area contributed by atoms with Crippen LogP contribution >= 0.6 is 11.6 Å². The third-order valence-corrected chi connectivity index (χ3v) is 3.96. The molecule has 0 bridgehead atoms. The Hall–Kier alpha value is -0.580. The minimum atomic E-state index is 0.0935. The van der Waals surface area contributed by atoms with Crippen molar-refractivity contribution < 1.29 is 4.79 Å². The zero-order valence-corrected chi connectivity index (χ0v) is 14.7. The zero-order chi connectivity index (χ0) is 16.0. The van der Waals surface area contributed by atoms with Gasteiger partial charge >= 0.3 is 0 Å². The van der Waals surface area contributed by atoms with E-state index in [1.807, 2.05) is 0 Å². The third-order valence-electron chi connectivity index (χ3n) is 3.84. The zero-order valence-electron chi connectivity index (χ0n) is 13.9. The summed E-state index contributed by atoms with van der Waals surface area (Å²) in [6.45, 7) is 12.3. The van der Waals surface area contributed by atoms with Gasteiger partial charge in [0.25, 0.3) is 0 Å². The summed E-state index contributed by atoms with van der Waals surface area (Å²) in [6, 6.07) is 0. The van der Waals surface area contributed by atoms with Crippen LogP contribution in [0.2, 0.25) is 0 Å². The summed E-state index contributed by atoms with van der Waals surface area (Å²) in [6.07, 6.45) is 1.81. The fourth-order valence-electron chi connectivity index (χ4n) is 2.98. The molecule has 1 aliphatic heterocycles. The molecule has 0 saturated carbocycles. The average Bonchev–Trinajstić information content (AvgIpc) is 2.34. The Morgan fingerprint density at radius 2 is 1.95 bits per heavy atom. The van der Waals surface area contributed by atoms with E-state index in [-0.39, 0.29) is 17.2 Å². The maximum atomic E-state index is 12.3. The first-order valence-electron chi connectivity index (χ1n) is 7.68. The lowest BCUT2D eigenvalue weighted by atomic mass is 9.91. The number of carbonyl (C=O) groups excluding carboxylic acids is 1. The molecule has 0 atom stereocenters. The van der Waals surface area contributed by atoms with Gasteiger partial charge < -0.3 is 10.2 Å². The smallest absolute Gasteiger partial charge is 0.223 e. The SMILES string of the molecule is C=C(Cl)CN1CCC(C(=O)NCC(C)(C)CN(C)C)CC1. The van der Waals surface area contributed by atoms with Crippen LogP contribution < -0.4 is 5.32 Å². The monoisotopic (exact) mass is 315 g/mol. The summed E-state index contributed by atoms with van der Waals surface area (Å²) < 4.78 is 0. The summed E-state index contributed by atoms with van der Waals surface area (Å²) in [5.74, 6) is 0.339. The second kappa shape index (κ2) is 8.16. The Morgan fingerprint density at radius 3 is 2.43 bits per heavy atom. The second-order valence-corrected chi connectivity index (χ2v) is 7.72. The van der Waals surface area contributed by atoms with Crippen molar-refractivity contribution in [3.05, 3.63) is 11.6 Å². The van der Waals surface area contributed by atoms with Gasteiger partial charge in [-0.15, -0.1) is 0 Å². The molecule has 21 heavy (non-hydrogen) atoms. The number of rotatable bonds is 7. The Morgan fingerprint density at radius 1 is 1.38 bits per heavy atom. The van der Waals surface area contributed by atoms with E-state index in [0.717, 1.165) is 45.6 Å². The molecule has 0 aromatic carbocycles.